The Morgan fingerprint density at radius 1 is 1.12 bits per heavy atom. The van der Waals surface area contributed by atoms with Crippen LogP contribution < -0.4 is 4.90 Å². The summed E-state index contributed by atoms with van der Waals surface area (Å²) in [7, 11) is -1.77. The number of fused-ring (bicyclic) bond motifs is 2. The molecule has 2 atom stereocenters. The lowest BCUT2D eigenvalue weighted by atomic mass is 9.93. The number of amides is 2. The number of nitrogens with zero attached hydrogens (tertiary/aromatic N) is 5. The summed E-state index contributed by atoms with van der Waals surface area (Å²) in [5.74, 6) is -0.205. The predicted molar refractivity (Wildman–Crippen MR) is 127 cm³/mol. The van der Waals surface area contributed by atoms with Gasteiger partial charge in [-0.15, -0.1) is 0 Å². The van der Waals surface area contributed by atoms with Gasteiger partial charge in [0.05, 0.1) is 22.3 Å². The van der Waals surface area contributed by atoms with Crippen molar-refractivity contribution < 1.29 is 18.0 Å². The molecule has 2 aromatic heterocycles. The summed E-state index contributed by atoms with van der Waals surface area (Å²) in [6.45, 7) is 2.65. The first-order valence-corrected chi connectivity index (χ1v) is 12.8. The molecule has 2 aliphatic rings. The van der Waals surface area contributed by atoms with Gasteiger partial charge in [-0.1, -0.05) is 19.1 Å². The van der Waals surface area contributed by atoms with Crippen LogP contribution in [0.2, 0.25) is 0 Å². The van der Waals surface area contributed by atoms with Crippen LogP contribution in [0.4, 0.5) is 5.82 Å². The van der Waals surface area contributed by atoms with Crippen molar-refractivity contribution in [3.05, 3.63) is 54.0 Å². The first kappa shape index (κ1) is 22.5. The van der Waals surface area contributed by atoms with E-state index in [4.69, 9.17) is 0 Å². The number of hydrogen-bond acceptors (Lipinski definition) is 7. The molecule has 11 heteroatoms. The molecule has 1 saturated heterocycles. The van der Waals surface area contributed by atoms with Gasteiger partial charge in [-0.3, -0.25) is 14.5 Å². The third kappa shape index (κ3) is 3.74. The van der Waals surface area contributed by atoms with Crippen molar-refractivity contribution in [1.29, 1.82) is 0 Å². The number of piperidine rings is 1. The summed E-state index contributed by atoms with van der Waals surface area (Å²) in [5, 5.41) is 0.878. The van der Waals surface area contributed by atoms with E-state index in [1.807, 2.05) is 18.0 Å². The highest BCUT2D eigenvalue weighted by molar-refractivity contribution is 7.89. The highest BCUT2D eigenvalue weighted by Crippen LogP contribution is 2.30. The summed E-state index contributed by atoms with van der Waals surface area (Å²) in [6.07, 6.45) is 3.99. The molecule has 1 aromatic carbocycles. The third-order valence-electron chi connectivity index (χ3n) is 6.89. The zero-order valence-corrected chi connectivity index (χ0v) is 19.8. The minimum atomic E-state index is -3.69. The van der Waals surface area contributed by atoms with Gasteiger partial charge in [0.15, 0.2) is 0 Å². The first-order valence-electron chi connectivity index (χ1n) is 11.2. The van der Waals surface area contributed by atoms with Gasteiger partial charge in [0, 0.05) is 38.9 Å². The average Bonchev–Trinajstić information content (AvgIpc) is 3.41. The van der Waals surface area contributed by atoms with Gasteiger partial charge in [-0.05, 0) is 30.5 Å². The minimum Gasteiger partial charge on any atom is -0.354 e. The quantitative estimate of drug-likeness (QED) is 0.531. The maximum atomic E-state index is 13.2. The number of hydrogen-bond donors (Lipinski definition) is 1. The number of aromatic amines is 1. The van der Waals surface area contributed by atoms with E-state index in [1.54, 1.807) is 30.5 Å². The highest BCUT2D eigenvalue weighted by atomic mass is 32.2. The van der Waals surface area contributed by atoms with Crippen LogP contribution in [0.15, 0.2) is 42.9 Å². The number of benzene rings is 1. The molecule has 3 aromatic rings. The van der Waals surface area contributed by atoms with E-state index in [0.29, 0.717) is 30.6 Å². The van der Waals surface area contributed by atoms with Gasteiger partial charge in [0.2, 0.25) is 10.0 Å². The Morgan fingerprint density at radius 3 is 2.53 bits per heavy atom. The SMILES string of the molecule is CC1CCN(S(=O)(=O)CCN2C(=O)c3ccccc3C2=O)CC1N(C)c1ncnc2[nH]ccc12. The number of H-pyrrole nitrogens is 1. The molecule has 178 valence electrons. The van der Waals surface area contributed by atoms with Crippen molar-refractivity contribution >= 4 is 38.7 Å². The van der Waals surface area contributed by atoms with Crippen LogP contribution in [0.25, 0.3) is 11.0 Å². The zero-order chi connectivity index (χ0) is 24.0. The molecule has 0 saturated carbocycles. The molecule has 10 nitrogen and oxygen atoms in total. The smallest absolute Gasteiger partial charge is 0.261 e. The van der Waals surface area contributed by atoms with Gasteiger partial charge in [0.1, 0.15) is 17.8 Å². The van der Waals surface area contributed by atoms with Crippen LogP contribution in [0, 0.1) is 5.92 Å². The van der Waals surface area contributed by atoms with Crippen molar-refractivity contribution in [1.82, 2.24) is 24.2 Å². The average molecular weight is 483 g/mol. The molecule has 34 heavy (non-hydrogen) atoms. The summed E-state index contributed by atoms with van der Waals surface area (Å²) in [4.78, 5) is 40.0. The van der Waals surface area contributed by atoms with E-state index in [-0.39, 0.29) is 24.3 Å². The Balaban J connectivity index is 1.30. The molecule has 1 fully saturated rings. The second-order valence-corrected chi connectivity index (χ2v) is 11.0. The molecule has 2 aliphatic heterocycles. The van der Waals surface area contributed by atoms with Crippen LogP contribution in [0.3, 0.4) is 0 Å². The van der Waals surface area contributed by atoms with Crippen molar-refractivity contribution in [3.63, 3.8) is 0 Å². The molecular formula is C23H26N6O4S. The van der Waals surface area contributed by atoms with Crippen LogP contribution in [0.5, 0.6) is 0 Å². The summed E-state index contributed by atoms with van der Waals surface area (Å²) >= 11 is 0. The number of carbonyl (C=O) groups is 2. The fourth-order valence-electron chi connectivity index (χ4n) is 4.85. The highest BCUT2D eigenvalue weighted by Gasteiger charge is 2.39. The largest absolute Gasteiger partial charge is 0.354 e. The Bertz CT molecular complexity index is 1340. The van der Waals surface area contributed by atoms with Crippen LogP contribution in [-0.2, 0) is 10.0 Å². The number of rotatable bonds is 6. The zero-order valence-electron chi connectivity index (χ0n) is 19.0. The normalized spacial score (nSPS) is 21.3. The maximum Gasteiger partial charge on any atom is 0.261 e. The summed E-state index contributed by atoms with van der Waals surface area (Å²) in [5.41, 5.74) is 1.37. The molecule has 0 radical (unpaired) electrons. The molecule has 0 spiro atoms. The minimum absolute atomic E-state index is 0.0872. The Hall–Kier alpha value is -3.31. The van der Waals surface area contributed by atoms with Crippen LogP contribution in [-0.4, -0.2) is 82.9 Å². The Kier molecular flexibility index (Phi) is 5.61. The lowest BCUT2D eigenvalue weighted by Crippen LogP contribution is -2.53. The number of nitrogens with one attached hydrogen (secondary N) is 1. The molecule has 2 unspecified atom stereocenters. The molecule has 4 heterocycles. The van der Waals surface area contributed by atoms with Crippen molar-refractivity contribution in [2.75, 3.05) is 37.3 Å². The summed E-state index contributed by atoms with van der Waals surface area (Å²) < 4.78 is 28.0. The van der Waals surface area contributed by atoms with E-state index in [1.165, 1.54) is 10.6 Å². The monoisotopic (exact) mass is 482 g/mol. The van der Waals surface area contributed by atoms with Crippen LogP contribution in [0.1, 0.15) is 34.1 Å². The van der Waals surface area contributed by atoms with Gasteiger partial charge in [-0.2, -0.15) is 4.31 Å². The Morgan fingerprint density at radius 2 is 1.82 bits per heavy atom. The maximum absolute atomic E-state index is 13.2. The van der Waals surface area contributed by atoms with E-state index in [9.17, 15) is 18.0 Å². The lowest BCUT2D eigenvalue weighted by molar-refractivity contribution is 0.0663. The van der Waals surface area contributed by atoms with E-state index in [2.05, 4.69) is 21.9 Å². The van der Waals surface area contributed by atoms with Gasteiger partial charge < -0.3 is 9.88 Å². The predicted octanol–water partition coefficient (Wildman–Crippen LogP) is 1.73. The van der Waals surface area contributed by atoms with Gasteiger partial charge >= 0.3 is 0 Å². The fourth-order valence-corrected chi connectivity index (χ4v) is 6.29. The number of aromatic nitrogens is 3. The second-order valence-electron chi connectivity index (χ2n) is 8.86. The lowest BCUT2D eigenvalue weighted by Gasteiger charge is -2.41. The standard InChI is InChI=1S/C23H26N6O4S/c1-15-8-10-28(13-19(15)27(2)21-18-7-9-24-20(18)25-14-26-21)34(32,33)12-11-29-22(30)16-5-3-4-6-17(16)23(29)31/h3-7,9,14-15,19H,8,10-13H2,1-2H3,(H,24,25,26). The van der Waals surface area contributed by atoms with Gasteiger partial charge in [-0.25, -0.2) is 18.4 Å². The molecule has 0 bridgehead atoms. The first-order chi connectivity index (χ1) is 16.3. The number of carbonyl (C=O) groups excluding carboxylic acids is 2. The van der Waals surface area contributed by atoms with Gasteiger partial charge in [0.25, 0.3) is 11.8 Å². The van der Waals surface area contributed by atoms with E-state index in [0.717, 1.165) is 21.8 Å². The molecule has 2 amide bonds. The number of sulfonamides is 1. The fraction of sp³-hybridized carbons (Fsp3) is 0.391. The molecule has 5 rings (SSSR count). The molecule has 0 aliphatic carbocycles. The van der Waals surface area contributed by atoms with Crippen molar-refractivity contribution in [3.8, 4) is 0 Å². The molecule has 1 N–H and O–H groups in total. The summed E-state index contributed by atoms with van der Waals surface area (Å²) in [6, 6.07) is 8.38. The van der Waals surface area contributed by atoms with Crippen molar-refractivity contribution in [2.24, 2.45) is 5.92 Å². The number of likely N-dealkylation sites (N-methyl/N-ethyl adjacent to an activating group) is 1. The topological polar surface area (TPSA) is 120 Å². The number of imide groups is 1. The third-order valence-corrected chi connectivity index (χ3v) is 8.71. The van der Waals surface area contributed by atoms with E-state index >= 15 is 0 Å². The van der Waals surface area contributed by atoms with Crippen LogP contribution >= 0.6 is 0 Å². The van der Waals surface area contributed by atoms with E-state index < -0.39 is 21.8 Å². The molecular weight excluding hydrogens is 456 g/mol. The van der Waals surface area contributed by atoms with Crippen molar-refractivity contribution in [2.45, 2.75) is 19.4 Å². The Labute approximate surface area is 197 Å². The number of anilines is 1. The second kappa shape index (κ2) is 8.48.